The minimum Gasteiger partial charge on any atom is -0.325 e. The first kappa shape index (κ1) is 22.8. The molecule has 0 spiro atoms. The van der Waals surface area contributed by atoms with Gasteiger partial charge >= 0.3 is 0 Å². The maximum Gasteiger partial charge on any atom is 0.243 e. The van der Waals surface area contributed by atoms with Crippen LogP contribution >= 0.6 is 11.8 Å². The average Bonchev–Trinajstić information content (AvgIpc) is 3.34. The normalized spacial score (nSPS) is 14.7. The Morgan fingerprint density at radius 1 is 1.12 bits per heavy atom. The number of hydrogen-bond donors (Lipinski definition) is 1. The van der Waals surface area contributed by atoms with Crippen molar-refractivity contribution in [3.63, 3.8) is 0 Å². The molecule has 1 aliphatic rings. The summed E-state index contributed by atoms with van der Waals surface area (Å²) in [5, 5.41) is 4.53. The van der Waals surface area contributed by atoms with E-state index in [2.05, 4.69) is 17.2 Å². The van der Waals surface area contributed by atoms with Crippen molar-refractivity contribution in [2.24, 2.45) is 0 Å². The molecule has 32 heavy (non-hydrogen) atoms. The van der Waals surface area contributed by atoms with Crippen LogP contribution in [0.2, 0.25) is 0 Å². The Bertz CT molecular complexity index is 1250. The van der Waals surface area contributed by atoms with Gasteiger partial charge in [-0.15, -0.1) is 0 Å². The maximum absolute atomic E-state index is 12.9. The third kappa shape index (κ3) is 4.82. The van der Waals surface area contributed by atoms with Gasteiger partial charge in [-0.3, -0.25) is 4.79 Å². The number of carbonyl (C=O) groups excluding carboxylic acids is 1. The second-order valence-corrected chi connectivity index (χ2v) is 10.8. The van der Waals surface area contributed by atoms with Crippen molar-refractivity contribution in [2.45, 2.75) is 43.0 Å². The summed E-state index contributed by atoms with van der Waals surface area (Å²) in [5.41, 5.74) is 3.61. The zero-order chi connectivity index (χ0) is 22.7. The molecule has 168 valence electrons. The molecule has 1 aromatic heterocycles. The SMILES string of the molecule is CCc1ccccc1NC(=O)CSc1cc(C)c2cc(S(=O)(=O)N3CCCC3)ccc2n1. The summed E-state index contributed by atoms with van der Waals surface area (Å²) in [7, 11) is -3.47. The minimum atomic E-state index is -3.47. The molecule has 1 aliphatic heterocycles. The first-order valence-electron chi connectivity index (χ1n) is 10.8. The number of pyridine rings is 1. The first-order chi connectivity index (χ1) is 15.4. The number of aryl methyl sites for hydroxylation is 2. The highest BCUT2D eigenvalue weighted by Crippen LogP contribution is 2.28. The number of para-hydroxylation sites is 1. The molecule has 1 N–H and O–H groups in total. The van der Waals surface area contributed by atoms with E-state index in [9.17, 15) is 13.2 Å². The van der Waals surface area contributed by atoms with Crippen molar-refractivity contribution in [1.29, 1.82) is 0 Å². The summed E-state index contributed by atoms with van der Waals surface area (Å²) in [4.78, 5) is 17.4. The van der Waals surface area contributed by atoms with E-state index < -0.39 is 10.0 Å². The number of thioether (sulfide) groups is 1. The molecule has 2 aromatic carbocycles. The highest BCUT2D eigenvalue weighted by molar-refractivity contribution is 7.99. The van der Waals surface area contributed by atoms with Crippen molar-refractivity contribution in [3.05, 3.63) is 59.7 Å². The molecule has 0 radical (unpaired) electrons. The second-order valence-electron chi connectivity index (χ2n) is 7.92. The highest BCUT2D eigenvalue weighted by atomic mass is 32.2. The van der Waals surface area contributed by atoms with Gasteiger partial charge in [-0.25, -0.2) is 13.4 Å². The van der Waals surface area contributed by atoms with Crippen LogP contribution in [0, 0.1) is 6.92 Å². The Balaban J connectivity index is 1.49. The summed E-state index contributed by atoms with van der Waals surface area (Å²) < 4.78 is 27.3. The molecule has 0 saturated carbocycles. The Morgan fingerprint density at radius 2 is 1.88 bits per heavy atom. The zero-order valence-corrected chi connectivity index (χ0v) is 19.9. The number of benzene rings is 2. The Labute approximate surface area is 193 Å². The Morgan fingerprint density at radius 3 is 2.62 bits per heavy atom. The van der Waals surface area contributed by atoms with E-state index in [0.717, 1.165) is 52.0 Å². The van der Waals surface area contributed by atoms with Crippen molar-refractivity contribution in [3.8, 4) is 0 Å². The standard InChI is InChI=1S/C24H27N3O3S2/c1-3-18-8-4-5-9-21(18)25-23(28)16-31-24-14-17(2)20-15-19(10-11-22(20)26-24)32(29,30)27-12-6-7-13-27/h4-5,8-11,14-15H,3,6-7,12-13,16H2,1-2H3,(H,25,28). The Hall–Kier alpha value is -2.42. The molecule has 8 heteroatoms. The average molecular weight is 470 g/mol. The molecule has 1 amide bonds. The molecule has 6 nitrogen and oxygen atoms in total. The van der Waals surface area contributed by atoms with Crippen molar-refractivity contribution >= 4 is 44.3 Å². The van der Waals surface area contributed by atoms with Crippen LogP contribution in [0.4, 0.5) is 5.69 Å². The predicted molar refractivity (Wildman–Crippen MR) is 130 cm³/mol. The summed E-state index contributed by atoms with van der Waals surface area (Å²) in [6.45, 7) is 5.16. The topological polar surface area (TPSA) is 79.4 Å². The van der Waals surface area contributed by atoms with Gasteiger partial charge in [0.05, 0.1) is 21.2 Å². The zero-order valence-electron chi connectivity index (χ0n) is 18.3. The maximum atomic E-state index is 12.9. The molecule has 0 unspecified atom stereocenters. The molecular weight excluding hydrogens is 442 g/mol. The largest absolute Gasteiger partial charge is 0.325 e. The smallest absolute Gasteiger partial charge is 0.243 e. The highest BCUT2D eigenvalue weighted by Gasteiger charge is 2.27. The van der Waals surface area contributed by atoms with Crippen LogP contribution < -0.4 is 5.32 Å². The molecule has 1 saturated heterocycles. The molecule has 0 bridgehead atoms. The van der Waals surface area contributed by atoms with Crippen molar-refractivity contribution < 1.29 is 13.2 Å². The lowest BCUT2D eigenvalue weighted by Gasteiger charge is -2.16. The van der Waals surface area contributed by atoms with Gasteiger partial charge in [0.15, 0.2) is 0 Å². The van der Waals surface area contributed by atoms with E-state index in [0.29, 0.717) is 18.0 Å². The molecule has 4 rings (SSSR count). The summed E-state index contributed by atoms with van der Waals surface area (Å²) in [6.07, 6.45) is 2.67. The number of nitrogens with one attached hydrogen (secondary N) is 1. The number of nitrogens with zero attached hydrogens (tertiary/aromatic N) is 2. The number of carbonyl (C=O) groups is 1. The van der Waals surface area contributed by atoms with E-state index in [1.54, 1.807) is 22.5 Å². The van der Waals surface area contributed by atoms with Crippen LogP contribution in [0.15, 0.2) is 58.5 Å². The van der Waals surface area contributed by atoms with Crippen LogP contribution in [0.5, 0.6) is 0 Å². The van der Waals surface area contributed by atoms with E-state index in [1.165, 1.54) is 11.8 Å². The van der Waals surface area contributed by atoms with Gasteiger partial charge in [-0.2, -0.15) is 4.31 Å². The lowest BCUT2D eigenvalue weighted by Crippen LogP contribution is -2.27. The van der Waals surface area contributed by atoms with Crippen molar-refractivity contribution in [1.82, 2.24) is 9.29 Å². The number of hydrogen-bond acceptors (Lipinski definition) is 5. The summed E-state index contributed by atoms with van der Waals surface area (Å²) >= 11 is 1.37. The number of anilines is 1. The van der Waals surface area contributed by atoms with Gasteiger partial charge in [0, 0.05) is 24.2 Å². The second kappa shape index (κ2) is 9.60. The lowest BCUT2D eigenvalue weighted by atomic mass is 10.1. The van der Waals surface area contributed by atoms with Gasteiger partial charge in [0.25, 0.3) is 0 Å². The molecule has 1 fully saturated rings. The quantitative estimate of drug-likeness (QED) is 0.511. The van der Waals surface area contributed by atoms with Gasteiger partial charge in [-0.05, 0) is 67.6 Å². The van der Waals surface area contributed by atoms with Crippen LogP contribution in [-0.4, -0.2) is 42.5 Å². The minimum absolute atomic E-state index is 0.0810. The molecule has 0 aliphatic carbocycles. The predicted octanol–water partition coefficient (Wildman–Crippen LogP) is 4.62. The molecule has 2 heterocycles. The number of sulfonamides is 1. The molecule has 3 aromatic rings. The molecule has 0 atom stereocenters. The fourth-order valence-corrected chi connectivity index (χ4v) is 6.25. The number of rotatable bonds is 7. The van der Waals surface area contributed by atoms with E-state index in [4.69, 9.17) is 0 Å². The summed E-state index contributed by atoms with van der Waals surface area (Å²) in [5.74, 6) is 0.166. The lowest BCUT2D eigenvalue weighted by molar-refractivity contribution is -0.113. The number of amides is 1. The summed E-state index contributed by atoms with van der Waals surface area (Å²) in [6, 6.07) is 14.8. The van der Waals surface area contributed by atoms with Gasteiger partial charge < -0.3 is 5.32 Å². The number of fused-ring (bicyclic) bond motifs is 1. The van der Waals surface area contributed by atoms with Gasteiger partial charge in [-0.1, -0.05) is 36.9 Å². The van der Waals surface area contributed by atoms with Crippen LogP contribution in [0.1, 0.15) is 30.9 Å². The van der Waals surface area contributed by atoms with Crippen LogP contribution in [0.25, 0.3) is 10.9 Å². The fraction of sp³-hybridized carbons (Fsp3) is 0.333. The Kier molecular flexibility index (Phi) is 6.83. The number of aromatic nitrogens is 1. The third-order valence-electron chi connectivity index (χ3n) is 5.69. The molecular formula is C24H27N3O3S2. The van der Waals surface area contributed by atoms with Gasteiger partial charge in [0.2, 0.25) is 15.9 Å². The fourth-order valence-electron chi connectivity index (χ4n) is 3.93. The monoisotopic (exact) mass is 469 g/mol. The van der Waals surface area contributed by atoms with E-state index in [-0.39, 0.29) is 11.7 Å². The van der Waals surface area contributed by atoms with Gasteiger partial charge in [0.1, 0.15) is 0 Å². The first-order valence-corrected chi connectivity index (χ1v) is 13.2. The van der Waals surface area contributed by atoms with E-state index >= 15 is 0 Å². The van der Waals surface area contributed by atoms with E-state index in [1.807, 2.05) is 37.3 Å². The van der Waals surface area contributed by atoms with Crippen LogP contribution in [0.3, 0.4) is 0 Å². The van der Waals surface area contributed by atoms with Crippen LogP contribution in [-0.2, 0) is 21.2 Å². The third-order valence-corrected chi connectivity index (χ3v) is 8.50. The van der Waals surface area contributed by atoms with Crippen molar-refractivity contribution in [2.75, 3.05) is 24.2 Å².